The van der Waals surface area contributed by atoms with E-state index >= 15 is 0 Å². The largest absolute Gasteiger partial charge is 0.316 e. The third-order valence-electron chi connectivity index (χ3n) is 3.27. The van der Waals surface area contributed by atoms with Crippen molar-refractivity contribution in [1.82, 2.24) is 10.0 Å². The van der Waals surface area contributed by atoms with Crippen LogP contribution in [-0.4, -0.2) is 27.5 Å². The standard InChI is InChI=1S/C12H16Cl2N2O2S/c1-8-7-15-5-4-11(8)16-19(17,18)12-6-9(13)2-3-10(12)14/h2-3,6,8,11,15-16H,4-5,7H2,1H3. The summed E-state index contributed by atoms with van der Waals surface area (Å²) < 4.78 is 27.4. The highest BCUT2D eigenvalue weighted by Gasteiger charge is 2.27. The second-order valence-electron chi connectivity index (χ2n) is 4.77. The van der Waals surface area contributed by atoms with E-state index in [1.54, 1.807) is 6.07 Å². The third kappa shape index (κ3) is 3.61. The first-order valence-corrected chi connectivity index (χ1v) is 8.32. The average Bonchev–Trinajstić information content (AvgIpc) is 2.35. The fourth-order valence-corrected chi connectivity index (χ4v) is 4.28. The van der Waals surface area contributed by atoms with Crippen molar-refractivity contribution in [3.8, 4) is 0 Å². The van der Waals surface area contributed by atoms with Gasteiger partial charge in [-0.25, -0.2) is 13.1 Å². The molecule has 0 aliphatic carbocycles. The highest BCUT2D eigenvalue weighted by molar-refractivity contribution is 7.89. The van der Waals surface area contributed by atoms with Crippen molar-refractivity contribution in [2.75, 3.05) is 13.1 Å². The topological polar surface area (TPSA) is 58.2 Å². The molecule has 1 aliphatic rings. The van der Waals surface area contributed by atoms with Crippen LogP contribution >= 0.6 is 23.2 Å². The molecular weight excluding hydrogens is 307 g/mol. The van der Waals surface area contributed by atoms with E-state index in [-0.39, 0.29) is 21.9 Å². The number of hydrogen-bond acceptors (Lipinski definition) is 3. The van der Waals surface area contributed by atoms with Crippen LogP contribution in [0.4, 0.5) is 0 Å². The van der Waals surface area contributed by atoms with Crippen molar-refractivity contribution in [3.63, 3.8) is 0 Å². The zero-order chi connectivity index (χ0) is 14.0. The molecule has 0 amide bonds. The Bertz CT molecular complexity index is 563. The van der Waals surface area contributed by atoms with Gasteiger partial charge in [0.15, 0.2) is 0 Å². The van der Waals surface area contributed by atoms with Crippen molar-refractivity contribution < 1.29 is 8.42 Å². The van der Waals surface area contributed by atoms with Crippen LogP contribution in [-0.2, 0) is 10.0 Å². The molecular formula is C12H16Cl2N2O2S. The van der Waals surface area contributed by atoms with Gasteiger partial charge in [-0.2, -0.15) is 0 Å². The van der Waals surface area contributed by atoms with Crippen molar-refractivity contribution in [2.45, 2.75) is 24.3 Å². The highest BCUT2D eigenvalue weighted by Crippen LogP contribution is 2.26. The third-order valence-corrected chi connectivity index (χ3v) is 5.48. The molecule has 106 valence electrons. The Balaban J connectivity index is 2.24. The highest BCUT2D eigenvalue weighted by atomic mass is 35.5. The lowest BCUT2D eigenvalue weighted by Gasteiger charge is -2.30. The first kappa shape index (κ1) is 15.1. The Hall–Kier alpha value is -0.330. The smallest absolute Gasteiger partial charge is 0.242 e. The summed E-state index contributed by atoms with van der Waals surface area (Å²) in [6.07, 6.45) is 0.762. The average molecular weight is 323 g/mol. The molecule has 1 aromatic rings. The number of nitrogens with one attached hydrogen (secondary N) is 2. The van der Waals surface area contributed by atoms with Gasteiger partial charge in [-0.1, -0.05) is 30.1 Å². The molecule has 0 spiro atoms. The van der Waals surface area contributed by atoms with E-state index in [1.807, 2.05) is 6.92 Å². The molecule has 0 radical (unpaired) electrons. The summed E-state index contributed by atoms with van der Waals surface area (Å²) in [6, 6.07) is 4.35. The van der Waals surface area contributed by atoms with Crippen LogP contribution in [0.1, 0.15) is 13.3 Å². The molecule has 0 aromatic heterocycles. The maximum Gasteiger partial charge on any atom is 0.242 e. The van der Waals surface area contributed by atoms with Gasteiger partial charge in [-0.05, 0) is 43.6 Å². The lowest BCUT2D eigenvalue weighted by Crippen LogP contribution is -2.48. The molecule has 1 aliphatic heterocycles. The fraction of sp³-hybridized carbons (Fsp3) is 0.500. The Morgan fingerprint density at radius 1 is 1.37 bits per heavy atom. The molecule has 19 heavy (non-hydrogen) atoms. The van der Waals surface area contributed by atoms with Gasteiger partial charge in [0.2, 0.25) is 10.0 Å². The Labute approximate surface area is 123 Å². The van der Waals surface area contributed by atoms with E-state index in [1.165, 1.54) is 12.1 Å². The van der Waals surface area contributed by atoms with Crippen molar-refractivity contribution in [1.29, 1.82) is 0 Å². The van der Waals surface area contributed by atoms with Crippen LogP contribution in [0.2, 0.25) is 10.0 Å². The van der Waals surface area contributed by atoms with Crippen LogP contribution in [0.5, 0.6) is 0 Å². The first-order chi connectivity index (χ1) is 8.90. The second-order valence-corrected chi connectivity index (χ2v) is 7.30. The van der Waals surface area contributed by atoms with Gasteiger partial charge in [-0.15, -0.1) is 0 Å². The van der Waals surface area contributed by atoms with Crippen LogP contribution in [0, 0.1) is 5.92 Å². The number of benzene rings is 1. The lowest BCUT2D eigenvalue weighted by molar-refractivity contribution is 0.328. The van der Waals surface area contributed by atoms with Crippen LogP contribution in [0.15, 0.2) is 23.1 Å². The number of rotatable bonds is 3. The van der Waals surface area contributed by atoms with Gasteiger partial charge < -0.3 is 5.32 Å². The molecule has 2 N–H and O–H groups in total. The molecule has 0 saturated carbocycles. The molecule has 7 heteroatoms. The Morgan fingerprint density at radius 2 is 2.11 bits per heavy atom. The maximum atomic E-state index is 12.3. The van der Waals surface area contributed by atoms with E-state index in [4.69, 9.17) is 23.2 Å². The van der Waals surface area contributed by atoms with E-state index in [9.17, 15) is 8.42 Å². The Kier molecular flexibility index (Phi) is 4.74. The minimum absolute atomic E-state index is 0.0346. The molecule has 1 saturated heterocycles. The number of piperidine rings is 1. The molecule has 2 unspecified atom stereocenters. The molecule has 4 nitrogen and oxygen atoms in total. The Morgan fingerprint density at radius 3 is 2.79 bits per heavy atom. The van der Waals surface area contributed by atoms with Crippen LogP contribution < -0.4 is 10.0 Å². The summed E-state index contributed by atoms with van der Waals surface area (Å²) in [7, 11) is -3.64. The minimum Gasteiger partial charge on any atom is -0.316 e. The van der Waals surface area contributed by atoms with Gasteiger partial charge in [0, 0.05) is 11.1 Å². The molecule has 1 aromatic carbocycles. The SMILES string of the molecule is CC1CNCCC1NS(=O)(=O)c1cc(Cl)ccc1Cl. The molecule has 2 atom stereocenters. The molecule has 2 rings (SSSR count). The quantitative estimate of drug-likeness (QED) is 0.897. The fourth-order valence-electron chi connectivity index (χ4n) is 2.14. The summed E-state index contributed by atoms with van der Waals surface area (Å²) in [5, 5.41) is 3.76. The summed E-state index contributed by atoms with van der Waals surface area (Å²) in [4.78, 5) is 0.0346. The van der Waals surface area contributed by atoms with Crippen molar-refractivity contribution in [2.24, 2.45) is 5.92 Å². The minimum atomic E-state index is -3.64. The van der Waals surface area contributed by atoms with Gasteiger partial charge in [-0.3, -0.25) is 0 Å². The monoisotopic (exact) mass is 322 g/mol. The lowest BCUT2D eigenvalue weighted by atomic mass is 9.97. The zero-order valence-electron chi connectivity index (χ0n) is 10.5. The van der Waals surface area contributed by atoms with Crippen molar-refractivity contribution >= 4 is 33.2 Å². The van der Waals surface area contributed by atoms with Crippen LogP contribution in [0.3, 0.4) is 0 Å². The van der Waals surface area contributed by atoms with E-state index in [2.05, 4.69) is 10.0 Å². The van der Waals surface area contributed by atoms with E-state index in [0.29, 0.717) is 5.02 Å². The zero-order valence-corrected chi connectivity index (χ0v) is 12.8. The molecule has 1 fully saturated rings. The summed E-state index contributed by atoms with van der Waals surface area (Å²) in [5.74, 6) is 0.237. The summed E-state index contributed by atoms with van der Waals surface area (Å²) in [5.41, 5.74) is 0. The van der Waals surface area contributed by atoms with Crippen molar-refractivity contribution in [3.05, 3.63) is 28.2 Å². The number of sulfonamides is 1. The van der Waals surface area contributed by atoms with Gasteiger partial charge in [0.1, 0.15) is 4.90 Å². The van der Waals surface area contributed by atoms with Gasteiger partial charge >= 0.3 is 0 Å². The van der Waals surface area contributed by atoms with E-state index in [0.717, 1.165) is 19.5 Å². The molecule has 1 heterocycles. The van der Waals surface area contributed by atoms with Crippen LogP contribution in [0.25, 0.3) is 0 Å². The molecule has 0 bridgehead atoms. The first-order valence-electron chi connectivity index (χ1n) is 6.08. The maximum absolute atomic E-state index is 12.3. The second kappa shape index (κ2) is 5.97. The number of hydrogen-bond donors (Lipinski definition) is 2. The predicted octanol–water partition coefficient (Wildman–Crippen LogP) is 2.27. The predicted molar refractivity (Wildman–Crippen MR) is 77.2 cm³/mol. The van der Waals surface area contributed by atoms with Gasteiger partial charge in [0.05, 0.1) is 5.02 Å². The van der Waals surface area contributed by atoms with E-state index < -0.39 is 10.0 Å². The van der Waals surface area contributed by atoms with Gasteiger partial charge in [0.25, 0.3) is 0 Å². The number of halogens is 2. The normalized spacial score (nSPS) is 24.4. The summed E-state index contributed by atoms with van der Waals surface area (Å²) >= 11 is 11.8. The summed E-state index contributed by atoms with van der Waals surface area (Å²) in [6.45, 7) is 3.62.